The highest BCUT2D eigenvalue weighted by Crippen LogP contribution is 2.26. The van der Waals surface area contributed by atoms with Gasteiger partial charge in [-0.15, -0.1) is 12.6 Å². The summed E-state index contributed by atoms with van der Waals surface area (Å²) in [4.78, 5) is 23.0. The number of thiol groups is 1. The summed E-state index contributed by atoms with van der Waals surface area (Å²) in [5, 5.41) is -0.875. The van der Waals surface area contributed by atoms with Gasteiger partial charge in [0.15, 0.2) is 0 Å². The van der Waals surface area contributed by atoms with Crippen LogP contribution < -0.4 is 5.56 Å². The van der Waals surface area contributed by atoms with Crippen LogP contribution >= 0.6 is 12.6 Å². The van der Waals surface area contributed by atoms with E-state index in [1.165, 1.54) is 0 Å². The van der Waals surface area contributed by atoms with Crippen LogP contribution in [0.25, 0.3) is 0 Å². The van der Waals surface area contributed by atoms with Crippen LogP contribution in [-0.2, 0) is 6.18 Å². The Kier molecular flexibility index (Phi) is 2.70. The van der Waals surface area contributed by atoms with Crippen molar-refractivity contribution >= 4 is 17.7 Å². The number of alkyl halides is 3. The fraction of sp³-hybridized carbons (Fsp3) is 0.143. The Hall–Kier alpha value is -1.24. The number of carbonyl (C=O) groups is 1. The molecule has 0 saturated carbocycles. The predicted molar refractivity (Wildman–Crippen MR) is 45.4 cm³/mol. The predicted octanol–water partition coefficient (Wildman–Crippen LogP) is 1.46. The van der Waals surface area contributed by atoms with Crippen LogP contribution in [0, 0.1) is 0 Å². The highest BCUT2D eigenvalue weighted by Gasteiger charge is 2.32. The van der Waals surface area contributed by atoms with E-state index in [2.05, 4.69) is 12.6 Å². The van der Waals surface area contributed by atoms with E-state index in [1.54, 1.807) is 4.98 Å². The number of hydrogen-bond acceptors (Lipinski definition) is 2. The molecule has 76 valence electrons. The van der Waals surface area contributed by atoms with Crippen molar-refractivity contribution in [2.45, 2.75) is 6.18 Å². The van der Waals surface area contributed by atoms with Crippen molar-refractivity contribution in [2.24, 2.45) is 0 Å². The molecule has 1 aromatic heterocycles. The summed E-state index contributed by atoms with van der Waals surface area (Å²) < 4.78 is 36.1. The van der Waals surface area contributed by atoms with Gasteiger partial charge in [-0.3, -0.25) is 9.59 Å². The molecule has 0 aliphatic rings. The van der Waals surface area contributed by atoms with Gasteiger partial charge in [-0.2, -0.15) is 13.2 Å². The van der Waals surface area contributed by atoms with E-state index >= 15 is 0 Å². The molecule has 1 N–H and O–H groups in total. The minimum atomic E-state index is -4.63. The third-order valence-corrected chi connectivity index (χ3v) is 1.69. The van der Waals surface area contributed by atoms with Gasteiger partial charge < -0.3 is 4.98 Å². The van der Waals surface area contributed by atoms with Crippen LogP contribution in [0.1, 0.15) is 16.1 Å². The zero-order chi connectivity index (χ0) is 10.9. The minimum absolute atomic E-state index is 0.415. The van der Waals surface area contributed by atoms with Crippen molar-refractivity contribution in [3.63, 3.8) is 0 Å². The number of aromatic amines is 1. The van der Waals surface area contributed by atoms with Crippen molar-refractivity contribution in [3.05, 3.63) is 33.7 Å². The summed E-state index contributed by atoms with van der Waals surface area (Å²) in [6, 6.07) is 1.40. The average Bonchev–Trinajstić information content (AvgIpc) is 2.01. The van der Waals surface area contributed by atoms with Crippen LogP contribution in [-0.4, -0.2) is 10.1 Å². The lowest BCUT2D eigenvalue weighted by atomic mass is 10.2. The first kappa shape index (κ1) is 10.8. The fourth-order valence-corrected chi connectivity index (χ4v) is 0.984. The molecule has 14 heavy (non-hydrogen) atoms. The quantitative estimate of drug-likeness (QED) is 0.708. The van der Waals surface area contributed by atoms with Crippen LogP contribution in [0.2, 0.25) is 0 Å². The minimum Gasteiger partial charge on any atom is -0.318 e. The Balaban J connectivity index is 3.27. The van der Waals surface area contributed by atoms with Gasteiger partial charge >= 0.3 is 6.18 Å². The van der Waals surface area contributed by atoms with Gasteiger partial charge in [-0.05, 0) is 12.1 Å². The van der Waals surface area contributed by atoms with E-state index in [1.807, 2.05) is 0 Å². The van der Waals surface area contributed by atoms with Crippen molar-refractivity contribution in [3.8, 4) is 0 Å². The second kappa shape index (κ2) is 3.49. The summed E-state index contributed by atoms with van der Waals surface area (Å²) >= 11 is 3.32. The maximum Gasteiger partial charge on any atom is 0.431 e. The lowest BCUT2D eigenvalue weighted by Gasteiger charge is -2.05. The molecule has 0 spiro atoms. The average molecular weight is 223 g/mol. The van der Waals surface area contributed by atoms with Gasteiger partial charge in [0.1, 0.15) is 5.69 Å². The van der Waals surface area contributed by atoms with Crippen LogP contribution in [0.3, 0.4) is 0 Å². The lowest BCUT2D eigenvalue weighted by molar-refractivity contribution is -0.141. The summed E-state index contributed by atoms with van der Waals surface area (Å²) in [6.07, 6.45) is -4.63. The fourth-order valence-electron chi connectivity index (χ4n) is 0.807. The highest BCUT2D eigenvalue weighted by molar-refractivity contribution is 7.97. The third-order valence-electron chi connectivity index (χ3n) is 1.45. The van der Waals surface area contributed by atoms with Crippen LogP contribution in [0.15, 0.2) is 16.9 Å². The van der Waals surface area contributed by atoms with Crippen LogP contribution in [0.4, 0.5) is 13.2 Å². The molecule has 0 aliphatic carbocycles. The molecule has 0 amide bonds. The van der Waals surface area contributed by atoms with Gasteiger partial charge in [-0.1, -0.05) is 0 Å². The summed E-state index contributed by atoms with van der Waals surface area (Å²) in [6.45, 7) is 0. The Morgan fingerprint density at radius 1 is 1.36 bits per heavy atom. The molecule has 0 fully saturated rings. The maximum atomic E-state index is 12.0. The van der Waals surface area contributed by atoms with Crippen molar-refractivity contribution in [2.75, 3.05) is 0 Å². The molecule has 0 radical (unpaired) electrons. The molecule has 7 heteroatoms. The SMILES string of the molecule is O=C(S)c1ccc(C(F)(F)F)[nH]c1=O. The molecule has 0 unspecified atom stereocenters. The number of aromatic nitrogens is 1. The molecule has 0 bridgehead atoms. The van der Waals surface area contributed by atoms with Crippen molar-refractivity contribution in [1.82, 2.24) is 4.98 Å². The third kappa shape index (κ3) is 2.16. The van der Waals surface area contributed by atoms with E-state index in [0.29, 0.717) is 6.07 Å². The van der Waals surface area contributed by atoms with E-state index in [-0.39, 0.29) is 0 Å². The Bertz CT molecular complexity index is 424. The number of rotatable bonds is 1. The molecule has 0 aliphatic heterocycles. The normalized spacial score (nSPS) is 11.4. The number of carbonyl (C=O) groups excluding carboxylic acids is 1. The Labute approximate surface area is 81.4 Å². The van der Waals surface area contributed by atoms with Crippen molar-refractivity contribution < 1.29 is 18.0 Å². The smallest absolute Gasteiger partial charge is 0.318 e. The Morgan fingerprint density at radius 3 is 2.29 bits per heavy atom. The second-order valence-corrected chi connectivity index (χ2v) is 2.82. The number of hydrogen-bond donors (Lipinski definition) is 2. The Morgan fingerprint density at radius 2 is 1.93 bits per heavy atom. The summed E-state index contributed by atoms with van der Waals surface area (Å²) in [5.41, 5.74) is -2.71. The van der Waals surface area contributed by atoms with E-state index in [9.17, 15) is 22.8 Å². The number of halogens is 3. The monoisotopic (exact) mass is 223 g/mol. The zero-order valence-corrected chi connectivity index (χ0v) is 7.45. The highest BCUT2D eigenvalue weighted by atomic mass is 32.1. The molecule has 1 aromatic rings. The first-order chi connectivity index (χ1) is 6.32. The molecule has 0 atom stereocenters. The van der Waals surface area contributed by atoms with E-state index in [0.717, 1.165) is 6.07 Å². The van der Waals surface area contributed by atoms with Gasteiger partial charge in [0.2, 0.25) is 5.12 Å². The number of nitrogens with one attached hydrogen (secondary N) is 1. The first-order valence-electron chi connectivity index (χ1n) is 3.36. The van der Waals surface area contributed by atoms with Crippen LogP contribution in [0.5, 0.6) is 0 Å². The molecule has 0 saturated heterocycles. The molecule has 0 aromatic carbocycles. The summed E-state index contributed by atoms with van der Waals surface area (Å²) in [7, 11) is 0. The second-order valence-electron chi connectivity index (χ2n) is 2.42. The standard InChI is InChI=1S/C7H4F3NO2S/c8-7(9,10)4-2-1-3(6(13)14)5(12)11-4/h1-2H,(H,11,12)(H,13,14). The van der Waals surface area contributed by atoms with Gasteiger partial charge in [-0.25, -0.2) is 0 Å². The summed E-state index contributed by atoms with van der Waals surface area (Å²) in [5.74, 6) is 0. The lowest BCUT2D eigenvalue weighted by Crippen LogP contribution is -2.20. The topological polar surface area (TPSA) is 49.9 Å². The molecule has 1 rings (SSSR count). The molecule has 3 nitrogen and oxygen atoms in total. The maximum absolute atomic E-state index is 12.0. The first-order valence-corrected chi connectivity index (χ1v) is 3.81. The zero-order valence-electron chi connectivity index (χ0n) is 6.55. The van der Waals surface area contributed by atoms with E-state index in [4.69, 9.17) is 0 Å². The van der Waals surface area contributed by atoms with Gasteiger partial charge in [0.25, 0.3) is 5.56 Å². The largest absolute Gasteiger partial charge is 0.431 e. The number of H-pyrrole nitrogens is 1. The molecular formula is C7H4F3NO2S. The van der Waals surface area contributed by atoms with Gasteiger partial charge in [0.05, 0.1) is 5.56 Å². The molecule has 1 heterocycles. The number of pyridine rings is 1. The molecular weight excluding hydrogens is 219 g/mol. The van der Waals surface area contributed by atoms with Crippen molar-refractivity contribution in [1.29, 1.82) is 0 Å². The van der Waals surface area contributed by atoms with E-state index < -0.39 is 28.1 Å². The van der Waals surface area contributed by atoms with Gasteiger partial charge in [0, 0.05) is 0 Å².